The minimum Gasteiger partial charge on any atom is -0.379 e. The topological polar surface area (TPSA) is 60.2 Å². The molecular weight excluding hydrogens is 361 g/mol. The minimum atomic E-state index is -4.58. The van der Waals surface area contributed by atoms with Crippen LogP contribution in [-0.2, 0) is 22.3 Å². The highest BCUT2D eigenvalue weighted by Gasteiger charge is 2.34. The van der Waals surface area contributed by atoms with Gasteiger partial charge in [0.25, 0.3) is 0 Å². The summed E-state index contributed by atoms with van der Waals surface area (Å²) in [7, 11) is 0. The zero-order valence-corrected chi connectivity index (χ0v) is 13.7. The SMILES string of the molecule is O=C1CCOCCN1Cc1cn(-c2ccc(Cl)cc2C(F)(F)F)nn1. The molecule has 6 nitrogen and oxygen atoms in total. The van der Waals surface area contributed by atoms with E-state index in [-0.39, 0.29) is 29.6 Å². The molecule has 2 heterocycles. The van der Waals surface area contributed by atoms with E-state index >= 15 is 0 Å². The van der Waals surface area contributed by atoms with Crippen LogP contribution >= 0.6 is 11.6 Å². The van der Waals surface area contributed by atoms with Crippen molar-refractivity contribution in [2.45, 2.75) is 19.1 Å². The number of halogens is 4. The predicted octanol–water partition coefficient (Wildman–Crippen LogP) is 2.69. The molecule has 1 aromatic carbocycles. The summed E-state index contributed by atoms with van der Waals surface area (Å²) < 4.78 is 45.9. The van der Waals surface area contributed by atoms with Crippen LogP contribution in [0.3, 0.4) is 0 Å². The lowest BCUT2D eigenvalue weighted by molar-refractivity contribution is -0.137. The minimum absolute atomic E-state index is 0.0217. The van der Waals surface area contributed by atoms with E-state index in [4.69, 9.17) is 16.3 Å². The number of rotatable bonds is 3. The summed E-state index contributed by atoms with van der Waals surface area (Å²) in [5.41, 5.74) is -0.699. The van der Waals surface area contributed by atoms with Crippen molar-refractivity contribution < 1.29 is 22.7 Å². The Balaban J connectivity index is 1.86. The van der Waals surface area contributed by atoms with E-state index in [1.165, 1.54) is 18.3 Å². The van der Waals surface area contributed by atoms with Gasteiger partial charge in [-0.3, -0.25) is 4.79 Å². The molecule has 1 amide bonds. The van der Waals surface area contributed by atoms with Crippen molar-refractivity contribution in [1.82, 2.24) is 19.9 Å². The van der Waals surface area contributed by atoms with Crippen molar-refractivity contribution in [3.05, 3.63) is 40.7 Å². The molecular formula is C15H14ClF3N4O2. The third-order valence-corrected chi connectivity index (χ3v) is 3.96. The molecule has 0 radical (unpaired) electrons. The van der Waals surface area contributed by atoms with Crippen LogP contribution in [0.5, 0.6) is 0 Å². The van der Waals surface area contributed by atoms with Crippen LogP contribution in [0.25, 0.3) is 5.69 Å². The van der Waals surface area contributed by atoms with Gasteiger partial charge in [-0.2, -0.15) is 13.2 Å². The standard InChI is InChI=1S/C15H14ClF3N4O2/c16-10-1-2-13(12(7-10)15(17,18)19)23-9-11(20-21-23)8-22-4-6-25-5-3-14(22)24/h1-2,7,9H,3-6,8H2. The first-order chi connectivity index (χ1) is 11.8. The normalized spacial score (nSPS) is 16.2. The van der Waals surface area contributed by atoms with Crippen LogP contribution in [0.15, 0.2) is 24.4 Å². The summed E-state index contributed by atoms with van der Waals surface area (Å²) in [4.78, 5) is 13.5. The molecule has 1 aromatic heterocycles. The Hall–Kier alpha value is -2.13. The van der Waals surface area contributed by atoms with Crippen LogP contribution in [0.2, 0.25) is 5.02 Å². The fraction of sp³-hybridized carbons (Fsp3) is 0.400. The molecule has 0 aliphatic carbocycles. The average molecular weight is 375 g/mol. The maximum atomic E-state index is 13.2. The number of carbonyl (C=O) groups is 1. The second-order valence-electron chi connectivity index (χ2n) is 5.49. The van der Waals surface area contributed by atoms with E-state index in [0.717, 1.165) is 10.7 Å². The van der Waals surface area contributed by atoms with Crippen molar-refractivity contribution in [3.63, 3.8) is 0 Å². The largest absolute Gasteiger partial charge is 0.418 e. The van der Waals surface area contributed by atoms with Gasteiger partial charge in [0.15, 0.2) is 0 Å². The smallest absolute Gasteiger partial charge is 0.379 e. The fourth-order valence-corrected chi connectivity index (χ4v) is 2.68. The van der Waals surface area contributed by atoms with E-state index in [1.54, 1.807) is 4.90 Å². The lowest BCUT2D eigenvalue weighted by Gasteiger charge is -2.17. The highest BCUT2D eigenvalue weighted by atomic mass is 35.5. The van der Waals surface area contributed by atoms with Crippen LogP contribution in [0, 0.1) is 0 Å². The van der Waals surface area contributed by atoms with Gasteiger partial charge in [-0.15, -0.1) is 5.10 Å². The first kappa shape index (κ1) is 17.7. The third-order valence-electron chi connectivity index (χ3n) is 3.72. The van der Waals surface area contributed by atoms with Crippen LogP contribution in [0.1, 0.15) is 17.7 Å². The Morgan fingerprint density at radius 1 is 1.28 bits per heavy atom. The molecule has 2 aromatic rings. The third kappa shape index (κ3) is 4.10. The molecule has 1 saturated heterocycles. The number of benzene rings is 1. The first-order valence-corrected chi connectivity index (χ1v) is 7.86. The molecule has 1 aliphatic rings. The highest BCUT2D eigenvalue weighted by Crippen LogP contribution is 2.35. The lowest BCUT2D eigenvalue weighted by Crippen LogP contribution is -2.31. The fourth-order valence-electron chi connectivity index (χ4n) is 2.51. The molecule has 134 valence electrons. The maximum absolute atomic E-state index is 13.2. The molecule has 1 aliphatic heterocycles. The summed E-state index contributed by atoms with van der Waals surface area (Å²) in [6.07, 6.45) is -2.94. The monoisotopic (exact) mass is 374 g/mol. The van der Waals surface area contributed by atoms with Crippen molar-refractivity contribution in [2.24, 2.45) is 0 Å². The van der Waals surface area contributed by atoms with Gasteiger partial charge in [0.05, 0.1) is 43.6 Å². The number of amides is 1. The van der Waals surface area contributed by atoms with E-state index in [1.807, 2.05) is 0 Å². The van der Waals surface area contributed by atoms with Gasteiger partial charge in [-0.05, 0) is 18.2 Å². The molecule has 10 heteroatoms. The van der Waals surface area contributed by atoms with Gasteiger partial charge in [-0.25, -0.2) is 4.68 Å². The van der Waals surface area contributed by atoms with E-state index in [0.29, 0.717) is 25.5 Å². The summed E-state index contributed by atoms with van der Waals surface area (Å²) in [6.45, 7) is 1.34. The number of hydrogen-bond donors (Lipinski definition) is 0. The van der Waals surface area contributed by atoms with Crippen molar-refractivity contribution in [3.8, 4) is 5.69 Å². The van der Waals surface area contributed by atoms with Gasteiger partial charge in [0, 0.05) is 11.6 Å². The number of aromatic nitrogens is 3. The molecule has 0 bridgehead atoms. The Bertz CT molecular complexity index is 778. The summed E-state index contributed by atoms with van der Waals surface area (Å²) in [6, 6.07) is 3.42. The number of ether oxygens (including phenoxy) is 1. The van der Waals surface area contributed by atoms with Crippen LogP contribution < -0.4 is 0 Å². The van der Waals surface area contributed by atoms with E-state index in [9.17, 15) is 18.0 Å². The van der Waals surface area contributed by atoms with E-state index < -0.39 is 11.7 Å². The Morgan fingerprint density at radius 2 is 2.08 bits per heavy atom. The average Bonchev–Trinajstić information content (AvgIpc) is 2.91. The lowest BCUT2D eigenvalue weighted by atomic mass is 10.1. The second-order valence-corrected chi connectivity index (χ2v) is 5.93. The first-order valence-electron chi connectivity index (χ1n) is 7.48. The van der Waals surface area contributed by atoms with Crippen molar-refractivity contribution in [2.75, 3.05) is 19.8 Å². The number of nitrogens with zero attached hydrogens (tertiary/aromatic N) is 4. The van der Waals surface area contributed by atoms with Crippen LogP contribution in [0.4, 0.5) is 13.2 Å². The van der Waals surface area contributed by atoms with Crippen LogP contribution in [-0.4, -0.2) is 45.6 Å². The summed E-state index contributed by atoms with van der Waals surface area (Å²) >= 11 is 5.67. The molecule has 0 N–H and O–H groups in total. The molecule has 0 unspecified atom stereocenters. The number of alkyl halides is 3. The molecule has 0 saturated carbocycles. The van der Waals surface area contributed by atoms with Crippen molar-refractivity contribution >= 4 is 17.5 Å². The maximum Gasteiger partial charge on any atom is 0.418 e. The quantitative estimate of drug-likeness (QED) is 0.828. The number of hydrogen-bond acceptors (Lipinski definition) is 4. The van der Waals surface area contributed by atoms with Crippen molar-refractivity contribution in [1.29, 1.82) is 0 Å². The molecule has 25 heavy (non-hydrogen) atoms. The number of carbonyl (C=O) groups excluding carboxylic acids is 1. The van der Waals surface area contributed by atoms with Gasteiger partial charge in [-0.1, -0.05) is 16.8 Å². The highest BCUT2D eigenvalue weighted by molar-refractivity contribution is 6.30. The molecule has 3 rings (SSSR count). The summed E-state index contributed by atoms with van der Waals surface area (Å²) in [5, 5.41) is 7.61. The van der Waals surface area contributed by atoms with E-state index in [2.05, 4.69) is 10.3 Å². The second kappa shape index (κ2) is 7.01. The molecule has 0 spiro atoms. The van der Waals surface area contributed by atoms with Gasteiger partial charge >= 0.3 is 6.18 Å². The Kier molecular flexibility index (Phi) is 4.96. The zero-order chi connectivity index (χ0) is 18.0. The zero-order valence-electron chi connectivity index (χ0n) is 13.0. The van der Waals surface area contributed by atoms with Gasteiger partial charge in [0.1, 0.15) is 5.69 Å². The molecule has 1 fully saturated rings. The summed E-state index contributed by atoms with van der Waals surface area (Å²) in [5.74, 6) is -0.0884. The van der Waals surface area contributed by atoms with Gasteiger partial charge < -0.3 is 9.64 Å². The Morgan fingerprint density at radius 3 is 2.84 bits per heavy atom. The Labute approximate surface area is 146 Å². The molecule has 0 atom stereocenters. The predicted molar refractivity (Wildman–Crippen MR) is 82.2 cm³/mol. The van der Waals surface area contributed by atoms with Gasteiger partial charge in [0.2, 0.25) is 5.91 Å².